The highest BCUT2D eigenvalue weighted by molar-refractivity contribution is 5.80. The second-order valence-electron chi connectivity index (χ2n) is 5.97. The third-order valence-electron chi connectivity index (χ3n) is 4.32. The molecular weight excluding hydrogens is 236 g/mol. The molecule has 102 valence electrons. The van der Waals surface area contributed by atoms with Gasteiger partial charge in [0.15, 0.2) is 0 Å². The Morgan fingerprint density at radius 1 is 1.26 bits per heavy atom. The molecule has 2 N–H and O–H groups in total. The average molecular weight is 258 g/mol. The molecule has 1 aliphatic heterocycles. The summed E-state index contributed by atoms with van der Waals surface area (Å²) in [7, 11) is 0. The summed E-state index contributed by atoms with van der Waals surface area (Å²) < 4.78 is 0. The van der Waals surface area contributed by atoms with E-state index in [-0.39, 0.29) is 11.8 Å². The van der Waals surface area contributed by atoms with Crippen LogP contribution in [0.3, 0.4) is 0 Å². The van der Waals surface area contributed by atoms with Crippen LogP contribution in [-0.4, -0.2) is 25.5 Å². The fourth-order valence-corrected chi connectivity index (χ4v) is 2.82. The van der Waals surface area contributed by atoms with Crippen molar-refractivity contribution in [1.82, 2.24) is 10.6 Å². The zero-order valence-electron chi connectivity index (χ0n) is 11.5. The lowest BCUT2D eigenvalue weighted by molar-refractivity contribution is -0.124. The second-order valence-corrected chi connectivity index (χ2v) is 5.97. The first kappa shape index (κ1) is 12.7. The number of amides is 1. The van der Waals surface area contributed by atoms with Crippen LogP contribution in [0.1, 0.15) is 29.9 Å². The molecule has 1 saturated heterocycles. The molecule has 2 aliphatic rings. The highest BCUT2D eigenvalue weighted by atomic mass is 16.1. The number of carbonyl (C=O) groups is 1. The molecule has 0 bridgehead atoms. The van der Waals surface area contributed by atoms with Crippen LogP contribution in [0.4, 0.5) is 0 Å². The van der Waals surface area contributed by atoms with Gasteiger partial charge in [0.25, 0.3) is 0 Å². The van der Waals surface area contributed by atoms with Gasteiger partial charge < -0.3 is 10.6 Å². The summed E-state index contributed by atoms with van der Waals surface area (Å²) in [5, 5.41) is 6.48. The fraction of sp³-hybridized carbons (Fsp3) is 0.562. The molecule has 1 aromatic rings. The van der Waals surface area contributed by atoms with E-state index in [1.807, 2.05) is 0 Å². The molecule has 3 heteroatoms. The van der Waals surface area contributed by atoms with Crippen molar-refractivity contribution in [2.45, 2.75) is 25.7 Å². The van der Waals surface area contributed by atoms with Crippen molar-refractivity contribution in [3.63, 3.8) is 0 Å². The van der Waals surface area contributed by atoms with Gasteiger partial charge in [-0.15, -0.1) is 0 Å². The van der Waals surface area contributed by atoms with Crippen molar-refractivity contribution in [2.24, 2.45) is 11.8 Å². The van der Waals surface area contributed by atoms with Crippen molar-refractivity contribution in [3.05, 3.63) is 35.4 Å². The molecule has 2 unspecified atom stereocenters. The van der Waals surface area contributed by atoms with Gasteiger partial charge in [-0.3, -0.25) is 4.79 Å². The Kier molecular flexibility index (Phi) is 3.56. The Balaban J connectivity index is 1.66. The summed E-state index contributed by atoms with van der Waals surface area (Å²) in [6.07, 6.45) is 2.56. The van der Waals surface area contributed by atoms with E-state index in [9.17, 15) is 4.79 Å². The molecule has 3 rings (SSSR count). The van der Waals surface area contributed by atoms with Gasteiger partial charge in [0, 0.05) is 25.6 Å². The molecule has 19 heavy (non-hydrogen) atoms. The Morgan fingerprint density at radius 2 is 2.00 bits per heavy atom. The number of hydrogen-bond acceptors (Lipinski definition) is 2. The second kappa shape index (κ2) is 5.33. The number of rotatable bonds is 4. The van der Waals surface area contributed by atoms with Crippen molar-refractivity contribution in [1.29, 1.82) is 0 Å². The van der Waals surface area contributed by atoms with E-state index >= 15 is 0 Å². The molecular formula is C16H22N2O. The molecule has 2 atom stereocenters. The van der Waals surface area contributed by atoms with Gasteiger partial charge in [-0.2, -0.15) is 0 Å². The number of aryl methyl sites for hydroxylation is 1. The minimum atomic E-state index is 0.0847. The monoisotopic (exact) mass is 258 g/mol. The van der Waals surface area contributed by atoms with Gasteiger partial charge in [-0.1, -0.05) is 29.8 Å². The first-order chi connectivity index (χ1) is 9.24. The van der Waals surface area contributed by atoms with Crippen molar-refractivity contribution < 1.29 is 4.79 Å². The van der Waals surface area contributed by atoms with E-state index in [4.69, 9.17) is 0 Å². The van der Waals surface area contributed by atoms with Crippen molar-refractivity contribution >= 4 is 5.91 Å². The van der Waals surface area contributed by atoms with Gasteiger partial charge >= 0.3 is 0 Å². The molecule has 1 amide bonds. The van der Waals surface area contributed by atoms with E-state index in [0.717, 1.165) is 25.6 Å². The summed E-state index contributed by atoms with van der Waals surface area (Å²) in [4.78, 5) is 12.3. The van der Waals surface area contributed by atoms with Crippen LogP contribution in [-0.2, 0) is 4.79 Å². The summed E-state index contributed by atoms with van der Waals surface area (Å²) in [5.74, 6) is 1.37. The number of nitrogens with one attached hydrogen (secondary N) is 2. The van der Waals surface area contributed by atoms with Crippen LogP contribution in [0, 0.1) is 18.8 Å². The zero-order valence-corrected chi connectivity index (χ0v) is 11.5. The van der Waals surface area contributed by atoms with Crippen LogP contribution in [0.5, 0.6) is 0 Å². The van der Waals surface area contributed by atoms with E-state index in [1.54, 1.807) is 0 Å². The van der Waals surface area contributed by atoms with E-state index in [1.165, 1.54) is 24.0 Å². The summed E-state index contributed by atoms with van der Waals surface area (Å²) in [5.41, 5.74) is 2.55. The van der Waals surface area contributed by atoms with Crippen molar-refractivity contribution in [2.75, 3.05) is 19.6 Å². The normalized spacial score (nSPS) is 26.4. The third-order valence-corrected chi connectivity index (χ3v) is 4.32. The predicted molar refractivity (Wildman–Crippen MR) is 76.0 cm³/mol. The topological polar surface area (TPSA) is 41.1 Å². The van der Waals surface area contributed by atoms with Crippen LogP contribution in [0.2, 0.25) is 0 Å². The number of benzene rings is 1. The van der Waals surface area contributed by atoms with E-state index in [2.05, 4.69) is 41.8 Å². The standard InChI is InChI=1S/C16H22N2O/c1-11-2-6-13(7-3-11)14-9-17-10-15(14)16(19)18-8-12-4-5-12/h2-3,6-7,12,14-15,17H,4-5,8-10H2,1H3,(H,18,19). The minimum Gasteiger partial charge on any atom is -0.356 e. The first-order valence-corrected chi connectivity index (χ1v) is 7.29. The highest BCUT2D eigenvalue weighted by Crippen LogP contribution is 2.30. The van der Waals surface area contributed by atoms with E-state index in [0.29, 0.717) is 5.92 Å². The van der Waals surface area contributed by atoms with Gasteiger partial charge in [-0.05, 0) is 31.2 Å². The molecule has 1 aliphatic carbocycles. The molecule has 0 radical (unpaired) electrons. The molecule has 3 nitrogen and oxygen atoms in total. The van der Waals surface area contributed by atoms with Gasteiger partial charge in [-0.25, -0.2) is 0 Å². The number of hydrogen-bond donors (Lipinski definition) is 2. The lowest BCUT2D eigenvalue weighted by atomic mass is 9.88. The lowest BCUT2D eigenvalue weighted by Gasteiger charge is -2.18. The molecule has 1 aromatic carbocycles. The molecule has 1 saturated carbocycles. The maximum atomic E-state index is 12.3. The maximum absolute atomic E-state index is 12.3. The Labute approximate surface area is 114 Å². The third kappa shape index (κ3) is 2.98. The molecule has 0 aromatic heterocycles. The van der Waals surface area contributed by atoms with Crippen LogP contribution in [0.25, 0.3) is 0 Å². The highest BCUT2D eigenvalue weighted by Gasteiger charge is 2.34. The maximum Gasteiger partial charge on any atom is 0.225 e. The van der Waals surface area contributed by atoms with Crippen LogP contribution < -0.4 is 10.6 Å². The minimum absolute atomic E-state index is 0.0847. The largest absolute Gasteiger partial charge is 0.356 e. The quantitative estimate of drug-likeness (QED) is 0.865. The Morgan fingerprint density at radius 3 is 2.68 bits per heavy atom. The Hall–Kier alpha value is -1.35. The lowest BCUT2D eigenvalue weighted by Crippen LogP contribution is -2.35. The zero-order chi connectivity index (χ0) is 13.2. The molecule has 1 heterocycles. The smallest absolute Gasteiger partial charge is 0.225 e. The van der Waals surface area contributed by atoms with Gasteiger partial charge in [0.1, 0.15) is 0 Å². The predicted octanol–water partition coefficient (Wildman–Crippen LogP) is 1.82. The molecule has 2 fully saturated rings. The summed E-state index contributed by atoms with van der Waals surface area (Å²) in [6, 6.07) is 8.59. The fourth-order valence-electron chi connectivity index (χ4n) is 2.82. The average Bonchev–Trinajstić information content (AvgIpc) is 3.12. The Bertz CT molecular complexity index is 450. The first-order valence-electron chi connectivity index (χ1n) is 7.29. The van der Waals surface area contributed by atoms with Gasteiger partial charge in [0.2, 0.25) is 5.91 Å². The molecule has 0 spiro atoms. The van der Waals surface area contributed by atoms with Crippen LogP contribution in [0.15, 0.2) is 24.3 Å². The summed E-state index contributed by atoms with van der Waals surface area (Å²) >= 11 is 0. The SMILES string of the molecule is Cc1ccc(C2CNCC2C(=O)NCC2CC2)cc1. The van der Waals surface area contributed by atoms with E-state index < -0.39 is 0 Å². The van der Waals surface area contributed by atoms with Crippen LogP contribution >= 0.6 is 0 Å². The number of carbonyl (C=O) groups excluding carboxylic acids is 1. The van der Waals surface area contributed by atoms with Crippen molar-refractivity contribution in [3.8, 4) is 0 Å². The van der Waals surface area contributed by atoms with Gasteiger partial charge in [0.05, 0.1) is 5.92 Å². The summed E-state index contributed by atoms with van der Waals surface area (Å²) in [6.45, 7) is 4.67.